The number of amides is 1. The molecule has 1 fully saturated rings. The number of imidazole rings is 1. The van der Waals surface area contributed by atoms with Crippen LogP contribution in [0.15, 0.2) is 48.5 Å². The first kappa shape index (κ1) is 16.8. The minimum atomic E-state index is 0.0216. The Morgan fingerprint density at radius 1 is 1.27 bits per heavy atom. The number of nitrogens with two attached hydrogens (primary N) is 1. The van der Waals surface area contributed by atoms with Crippen LogP contribution in [0.2, 0.25) is 0 Å². The number of fused-ring (bicyclic) bond motifs is 1. The molecule has 0 radical (unpaired) electrons. The van der Waals surface area contributed by atoms with Gasteiger partial charge in [-0.25, -0.2) is 4.98 Å². The number of ether oxygens (including phenoxy) is 1. The molecule has 6 nitrogen and oxygen atoms in total. The van der Waals surface area contributed by atoms with Crippen molar-refractivity contribution in [3.05, 3.63) is 54.1 Å². The minimum Gasteiger partial charge on any atom is -0.374 e. The first-order chi connectivity index (χ1) is 12.7. The summed E-state index contributed by atoms with van der Waals surface area (Å²) in [5.41, 5.74) is 9.08. The third-order valence-electron chi connectivity index (χ3n) is 4.69. The number of morpholine rings is 1. The van der Waals surface area contributed by atoms with Crippen molar-refractivity contribution in [2.75, 3.05) is 26.2 Å². The van der Waals surface area contributed by atoms with E-state index in [2.05, 4.69) is 9.97 Å². The van der Waals surface area contributed by atoms with Crippen LogP contribution >= 0.6 is 0 Å². The van der Waals surface area contributed by atoms with Gasteiger partial charge in [-0.15, -0.1) is 0 Å². The van der Waals surface area contributed by atoms with Crippen LogP contribution in [-0.2, 0) is 4.74 Å². The molecule has 26 heavy (non-hydrogen) atoms. The Hall–Kier alpha value is -2.70. The number of rotatable bonds is 4. The molecule has 1 atom stereocenters. The van der Waals surface area contributed by atoms with E-state index in [9.17, 15) is 4.79 Å². The SMILES string of the molecule is NCCC1CN(C(=O)c2cccc(-c3nc4ccccc4[nH]3)c2)CCO1. The van der Waals surface area contributed by atoms with E-state index in [1.165, 1.54) is 0 Å². The average Bonchev–Trinajstić information content (AvgIpc) is 3.12. The van der Waals surface area contributed by atoms with Gasteiger partial charge in [0.1, 0.15) is 5.82 Å². The average molecular weight is 350 g/mol. The predicted molar refractivity (Wildman–Crippen MR) is 101 cm³/mol. The van der Waals surface area contributed by atoms with Crippen molar-refractivity contribution >= 4 is 16.9 Å². The Kier molecular flexibility index (Phi) is 4.69. The molecule has 0 saturated carbocycles. The van der Waals surface area contributed by atoms with Crippen LogP contribution in [0, 0.1) is 0 Å². The van der Waals surface area contributed by atoms with E-state index < -0.39 is 0 Å². The molecule has 6 heteroatoms. The second kappa shape index (κ2) is 7.27. The fourth-order valence-electron chi connectivity index (χ4n) is 3.34. The number of aromatic nitrogens is 2. The molecule has 2 aromatic carbocycles. The number of carbonyl (C=O) groups excluding carboxylic acids is 1. The van der Waals surface area contributed by atoms with E-state index in [1.807, 2.05) is 53.4 Å². The van der Waals surface area contributed by atoms with Crippen LogP contribution in [0.5, 0.6) is 0 Å². The van der Waals surface area contributed by atoms with Gasteiger partial charge >= 0.3 is 0 Å². The number of carbonyl (C=O) groups is 1. The summed E-state index contributed by atoms with van der Waals surface area (Å²) in [5.74, 6) is 0.789. The number of benzene rings is 2. The van der Waals surface area contributed by atoms with Gasteiger partial charge in [-0.1, -0.05) is 24.3 Å². The Morgan fingerprint density at radius 3 is 3.00 bits per heavy atom. The van der Waals surface area contributed by atoms with Gasteiger partial charge in [0.15, 0.2) is 0 Å². The third kappa shape index (κ3) is 3.34. The maximum Gasteiger partial charge on any atom is 0.254 e. The maximum atomic E-state index is 12.9. The van der Waals surface area contributed by atoms with Crippen molar-refractivity contribution < 1.29 is 9.53 Å². The topological polar surface area (TPSA) is 84.2 Å². The highest BCUT2D eigenvalue weighted by Gasteiger charge is 2.24. The lowest BCUT2D eigenvalue weighted by atomic mass is 10.1. The molecule has 3 aromatic rings. The number of nitrogens with zero attached hydrogens (tertiary/aromatic N) is 2. The van der Waals surface area contributed by atoms with Gasteiger partial charge in [0.2, 0.25) is 0 Å². The van der Waals surface area contributed by atoms with E-state index in [0.717, 1.165) is 28.8 Å². The van der Waals surface area contributed by atoms with Crippen molar-refractivity contribution in [1.82, 2.24) is 14.9 Å². The van der Waals surface area contributed by atoms with E-state index in [1.54, 1.807) is 0 Å². The van der Waals surface area contributed by atoms with E-state index in [4.69, 9.17) is 10.5 Å². The smallest absolute Gasteiger partial charge is 0.254 e. The quantitative estimate of drug-likeness (QED) is 0.757. The van der Waals surface area contributed by atoms with Gasteiger partial charge in [0, 0.05) is 24.2 Å². The molecule has 134 valence electrons. The molecule has 1 aliphatic heterocycles. The van der Waals surface area contributed by atoms with Crippen molar-refractivity contribution in [1.29, 1.82) is 0 Å². The van der Waals surface area contributed by atoms with Gasteiger partial charge < -0.3 is 20.4 Å². The Bertz CT molecular complexity index is 886. The largest absolute Gasteiger partial charge is 0.374 e. The number of nitrogens with one attached hydrogen (secondary N) is 1. The normalized spacial score (nSPS) is 17.6. The zero-order chi connectivity index (χ0) is 17.9. The summed E-state index contributed by atoms with van der Waals surface area (Å²) in [5, 5.41) is 0. The molecule has 4 rings (SSSR count). The summed E-state index contributed by atoms with van der Waals surface area (Å²) in [6, 6.07) is 15.5. The zero-order valence-corrected chi connectivity index (χ0v) is 14.5. The fourth-order valence-corrected chi connectivity index (χ4v) is 3.34. The minimum absolute atomic E-state index is 0.0216. The second-order valence-electron chi connectivity index (χ2n) is 6.50. The van der Waals surface area contributed by atoms with Crippen LogP contribution < -0.4 is 5.73 Å². The Balaban J connectivity index is 1.58. The summed E-state index contributed by atoms with van der Waals surface area (Å²) in [6.07, 6.45) is 0.791. The van der Waals surface area contributed by atoms with Crippen LogP contribution in [0.4, 0.5) is 0 Å². The molecule has 0 spiro atoms. The third-order valence-corrected chi connectivity index (χ3v) is 4.69. The van der Waals surface area contributed by atoms with E-state index >= 15 is 0 Å². The number of hydrogen-bond donors (Lipinski definition) is 2. The molecule has 1 unspecified atom stereocenters. The highest BCUT2D eigenvalue weighted by atomic mass is 16.5. The zero-order valence-electron chi connectivity index (χ0n) is 14.5. The number of hydrogen-bond acceptors (Lipinski definition) is 4. The summed E-state index contributed by atoms with van der Waals surface area (Å²) < 4.78 is 5.67. The number of para-hydroxylation sites is 2. The van der Waals surface area contributed by atoms with E-state index in [0.29, 0.717) is 31.8 Å². The first-order valence-electron chi connectivity index (χ1n) is 8.91. The molecular formula is C20H22N4O2. The van der Waals surface area contributed by atoms with Gasteiger partial charge in [-0.2, -0.15) is 0 Å². The summed E-state index contributed by atoms with van der Waals surface area (Å²) in [4.78, 5) is 22.7. The van der Waals surface area contributed by atoms with Gasteiger partial charge in [0.05, 0.1) is 23.7 Å². The van der Waals surface area contributed by atoms with Crippen molar-refractivity contribution in [3.63, 3.8) is 0 Å². The molecule has 3 N–H and O–H groups in total. The molecule has 1 aromatic heterocycles. The molecule has 0 aliphatic carbocycles. The number of aromatic amines is 1. The summed E-state index contributed by atoms with van der Waals surface area (Å²) in [7, 11) is 0. The second-order valence-corrected chi connectivity index (χ2v) is 6.50. The summed E-state index contributed by atoms with van der Waals surface area (Å²) >= 11 is 0. The van der Waals surface area contributed by atoms with Crippen molar-refractivity contribution in [3.8, 4) is 11.4 Å². The molecule has 1 saturated heterocycles. The fraction of sp³-hybridized carbons (Fsp3) is 0.300. The van der Waals surface area contributed by atoms with Gasteiger partial charge in [0.25, 0.3) is 5.91 Å². The maximum absolute atomic E-state index is 12.9. The van der Waals surface area contributed by atoms with Crippen LogP contribution in [-0.4, -0.2) is 53.1 Å². The molecule has 1 aliphatic rings. The van der Waals surface area contributed by atoms with Crippen molar-refractivity contribution in [2.45, 2.75) is 12.5 Å². The van der Waals surface area contributed by atoms with Gasteiger partial charge in [-0.05, 0) is 37.2 Å². The lowest BCUT2D eigenvalue weighted by Gasteiger charge is -2.33. The Morgan fingerprint density at radius 2 is 2.15 bits per heavy atom. The molecule has 0 bridgehead atoms. The van der Waals surface area contributed by atoms with Crippen LogP contribution in [0.3, 0.4) is 0 Å². The first-order valence-corrected chi connectivity index (χ1v) is 8.91. The number of H-pyrrole nitrogens is 1. The molecule has 2 heterocycles. The monoisotopic (exact) mass is 350 g/mol. The Labute approximate surface area is 152 Å². The lowest BCUT2D eigenvalue weighted by molar-refractivity contribution is -0.0236. The highest BCUT2D eigenvalue weighted by Crippen LogP contribution is 2.22. The highest BCUT2D eigenvalue weighted by molar-refractivity contribution is 5.95. The standard InChI is InChI=1S/C20H22N4O2/c21-9-8-16-13-24(10-11-26-16)20(25)15-5-3-4-14(12-15)19-22-17-6-1-2-7-18(17)23-19/h1-7,12,16H,8-11,13,21H2,(H,22,23). The van der Waals surface area contributed by atoms with Crippen molar-refractivity contribution in [2.24, 2.45) is 5.73 Å². The molecule has 1 amide bonds. The van der Waals surface area contributed by atoms with Gasteiger partial charge in [-0.3, -0.25) is 4.79 Å². The van der Waals surface area contributed by atoms with E-state index in [-0.39, 0.29) is 12.0 Å². The van der Waals surface area contributed by atoms with Crippen LogP contribution in [0.25, 0.3) is 22.4 Å². The summed E-state index contributed by atoms with van der Waals surface area (Å²) in [6.45, 7) is 2.31. The van der Waals surface area contributed by atoms with Crippen LogP contribution in [0.1, 0.15) is 16.8 Å². The lowest BCUT2D eigenvalue weighted by Crippen LogP contribution is -2.46. The molecular weight excluding hydrogens is 328 g/mol. The predicted octanol–water partition coefficient (Wildman–Crippen LogP) is 2.42.